The highest BCUT2D eigenvalue weighted by molar-refractivity contribution is 6.07. The van der Waals surface area contributed by atoms with Gasteiger partial charge in [0.15, 0.2) is 0 Å². The number of unbranched alkanes of at least 4 members (excludes halogenated alkanes) is 26. The maximum Gasteiger partial charge on any atom is 0.336 e. The van der Waals surface area contributed by atoms with Gasteiger partial charge in [-0.1, -0.05) is 187 Å². The molecule has 1 aromatic rings. The number of aromatic nitrogens is 1. The van der Waals surface area contributed by atoms with Gasteiger partial charge in [-0.15, -0.1) is 0 Å². The van der Waals surface area contributed by atoms with Gasteiger partial charge in [-0.25, -0.2) is 4.79 Å². The molecule has 0 aliphatic carbocycles. The molecule has 2 unspecified atom stereocenters. The second kappa shape index (κ2) is 38.1. The Labute approximate surface area is 368 Å². The number of hydrogen-bond acceptors (Lipinski definition) is 8. The van der Waals surface area contributed by atoms with E-state index in [9.17, 15) is 9.59 Å². The lowest BCUT2D eigenvalue weighted by atomic mass is 9.76. The van der Waals surface area contributed by atoms with Gasteiger partial charge in [-0.05, 0) is 38.3 Å². The largest absolute Gasteiger partial charge is 0.465 e. The van der Waals surface area contributed by atoms with E-state index in [1.165, 1.54) is 167 Å². The third-order valence-corrected chi connectivity index (χ3v) is 12.0. The zero-order valence-electron chi connectivity index (χ0n) is 39.3. The van der Waals surface area contributed by atoms with Crippen LogP contribution in [0.5, 0.6) is 0 Å². The summed E-state index contributed by atoms with van der Waals surface area (Å²) in [5.74, 6) is -2.19. The summed E-state index contributed by atoms with van der Waals surface area (Å²) in [5.41, 5.74) is 2.32. The zero-order valence-corrected chi connectivity index (χ0v) is 39.3. The van der Waals surface area contributed by atoms with Crippen molar-refractivity contribution in [2.45, 2.75) is 226 Å². The molecule has 2 heterocycles. The maximum absolute atomic E-state index is 13.6. The van der Waals surface area contributed by atoms with Gasteiger partial charge in [0.05, 0.1) is 18.8 Å². The lowest BCUT2D eigenvalue weighted by Crippen LogP contribution is -2.37. The van der Waals surface area contributed by atoms with Crippen molar-refractivity contribution in [1.29, 1.82) is 0 Å². The molecular formula is C52H90N2O6. The van der Waals surface area contributed by atoms with Gasteiger partial charge >= 0.3 is 11.9 Å². The van der Waals surface area contributed by atoms with Crippen LogP contribution >= 0.6 is 0 Å². The van der Waals surface area contributed by atoms with Crippen molar-refractivity contribution < 1.29 is 28.5 Å². The molecule has 8 nitrogen and oxygen atoms in total. The van der Waals surface area contributed by atoms with Crippen molar-refractivity contribution in [3.05, 3.63) is 41.4 Å². The Morgan fingerprint density at radius 2 is 0.917 bits per heavy atom. The number of hydrogen-bond donors (Lipinski definition) is 0. The zero-order chi connectivity index (χ0) is 43.1. The Kier molecular flexibility index (Phi) is 34.0. The topological polar surface area (TPSA) is 96.3 Å². The molecular weight excluding hydrogens is 749 g/mol. The molecule has 0 bridgehead atoms. The lowest BCUT2D eigenvalue weighted by molar-refractivity contribution is -0.147. The maximum atomic E-state index is 13.6. The summed E-state index contributed by atoms with van der Waals surface area (Å²) in [6, 6.07) is 3.72. The van der Waals surface area contributed by atoms with E-state index in [1.54, 1.807) is 19.3 Å². The Bertz CT molecular complexity index is 1250. The van der Waals surface area contributed by atoms with E-state index in [4.69, 9.17) is 18.9 Å². The summed E-state index contributed by atoms with van der Waals surface area (Å²) in [4.78, 5) is 36.2. The number of carbonyl (C=O) groups is 2. The lowest BCUT2D eigenvalue weighted by Gasteiger charge is -2.31. The van der Waals surface area contributed by atoms with E-state index in [0.717, 1.165) is 31.6 Å². The van der Waals surface area contributed by atoms with Crippen LogP contribution in [0.1, 0.15) is 232 Å². The van der Waals surface area contributed by atoms with Crippen LogP contribution in [-0.4, -0.2) is 62.3 Å². The van der Waals surface area contributed by atoms with E-state index >= 15 is 0 Å². The minimum Gasteiger partial charge on any atom is -0.465 e. The summed E-state index contributed by atoms with van der Waals surface area (Å²) in [5, 5.41) is 0. The van der Waals surface area contributed by atoms with E-state index in [0.29, 0.717) is 43.0 Å². The molecule has 60 heavy (non-hydrogen) atoms. The number of pyridine rings is 1. The minimum absolute atomic E-state index is 0.241. The molecule has 0 spiro atoms. The monoisotopic (exact) mass is 839 g/mol. The molecule has 1 aromatic heterocycles. The quantitative estimate of drug-likeness (QED) is 0.0478. The second-order valence-electron chi connectivity index (χ2n) is 17.4. The predicted octanol–water partition coefficient (Wildman–Crippen LogP) is 14.4. The Balaban J connectivity index is 1.60. The van der Waals surface area contributed by atoms with Gasteiger partial charge in [0, 0.05) is 69.0 Å². The molecule has 1 aliphatic heterocycles. The first-order valence-electron chi connectivity index (χ1n) is 25.2. The molecule has 2 atom stereocenters. The van der Waals surface area contributed by atoms with Gasteiger partial charge < -0.3 is 18.9 Å². The van der Waals surface area contributed by atoms with Crippen LogP contribution in [0.3, 0.4) is 0 Å². The highest BCUT2D eigenvalue weighted by Crippen LogP contribution is 2.40. The van der Waals surface area contributed by atoms with Gasteiger partial charge in [0.25, 0.3) is 0 Å². The highest BCUT2D eigenvalue weighted by atomic mass is 16.5. The van der Waals surface area contributed by atoms with E-state index in [-0.39, 0.29) is 13.2 Å². The van der Waals surface area contributed by atoms with Gasteiger partial charge in [0.2, 0.25) is 0 Å². The Morgan fingerprint density at radius 3 is 1.33 bits per heavy atom. The number of esters is 2. The first-order chi connectivity index (χ1) is 29.5. The molecule has 0 saturated heterocycles. The molecule has 2 rings (SSSR count). The number of nitrogens with zero attached hydrogens (tertiary/aromatic N) is 2. The normalized spacial score (nSPS) is 15.4. The molecule has 0 saturated carbocycles. The standard InChI is InChI=1S/C52H90N2O6/c1-5-7-9-11-13-15-17-19-21-23-25-27-29-31-38-57-40-34-42-59-51(55)48-45(3)54-46(4)49(50(48)47-36-33-37-53-44-47)52(56)60-43-35-41-58-39-32-30-28-26-24-22-20-18-16-14-12-10-8-6-2/h33,36-37,44,48,50H,5-32,34-35,38-43H2,1-4H3. The van der Waals surface area contributed by atoms with Crippen molar-refractivity contribution in [3.8, 4) is 0 Å². The summed E-state index contributed by atoms with van der Waals surface area (Å²) in [6.45, 7) is 11.3. The number of allylic oxidation sites excluding steroid dienone is 1. The van der Waals surface area contributed by atoms with Crippen LogP contribution in [0.2, 0.25) is 0 Å². The molecule has 0 fully saturated rings. The van der Waals surface area contributed by atoms with Crippen molar-refractivity contribution in [2.75, 3.05) is 39.6 Å². The van der Waals surface area contributed by atoms with Crippen LogP contribution < -0.4 is 0 Å². The summed E-state index contributed by atoms with van der Waals surface area (Å²) < 4.78 is 23.3. The average molecular weight is 839 g/mol. The van der Waals surface area contributed by atoms with Crippen LogP contribution in [0.15, 0.2) is 40.8 Å². The van der Waals surface area contributed by atoms with Crippen molar-refractivity contribution in [2.24, 2.45) is 10.9 Å². The molecule has 344 valence electrons. The first-order valence-corrected chi connectivity index (χ1v) is 25.2. The summed E-state index contributed by atoms with van der Waals surface area (Å²) in [7, 11) is 0. The average Bonchev–Trinajstić information content (AvgIpc) is 3.25. The molecule has 0 radical (unpaired) electrons. The fraction of sp³-hybridized carbons (Fsp3) is 0.808. The summed E-state index contributed by atoms with van der Waals surface area (Å²) >= 11 is 0. The number of ether oxygens (including phenoxy) is 4. The van der Waals surface area contributed by atoms with Crippen molar-refractivity contribution in [3.63, 3.8) is 0 Å². The Morgan fingerprint density at radius 1 is 0.517 bits per heavy atom. The number of carbonyl (C=O) groups excluding carboxylic acids is 2. The number of rotatable bonds is 41. The Hall–Kier alpha value is -2.58. The SMILES string of the molecule is CCCCCCCCCCCCCCCCOCCCOC(=O)C1=C(C)N=C(C)C(C(=O)OCCCOCCCCCCCCCCCCCCCC)C1c1cccnc1. The number of aliphatic imine (C=N–C) groups is 1. The fourth-order valence-electron chi connectivity index (χ4n) is 8.36. The van der Waals surface area contributed by atoms with E-state index in [1.807, 2.05) is 19.1 Å². The van der Waals surface area contributed by atoms with Gasteiger partial charge in [-0.2, -0.15) is 0 Å². The van der Waals surface area contributed by atoms with Crippen LogP contribution in [-0.2, 0) is 28.5 Å². The molecule has 0 aromatic carbocycles. The van der Waals surface area contributed by atoms with Crippen molar-refractivity contribution >= 4 is 17.7 Å². The van der Waals surface area contributed by atoms with Crippen LogP contribution in [0.4, 0.5) is 0 Å². The van der Waals surface area contributed by atoms with Gasteiger partial charge in [0.1, 0.15) is 5.92 Å². The first kappa shape index (κ1) is 53.6. The smallest absolute Gasteiger partial charge is 0.336 e. The molecule has 1 aliphatic rings. The van der Waals surface area contributed by atoms with E-state index in [2.05, 4.69) is 23.8 Å². The third-order valence-electron chi connectivity index (χ3n) is 12.0. The molecule has 8 heteroatoms. The minimum atomic E-state index is -0.745. The van der Waals surface area contributed by atoms with Gasteiger partial charge in [-0.3, -0.25) is 14.8 Å². The van der Waals surface area contributed by atoms with Crippen LogP contribution in [0.25, 0.3) is 0 Å². The van der Waals surface area contributed by atoms with Crippen molar-refractivity contribution in [1.82, 2.24) is 4.98 Å². The predicted molar refractivity (Wildman–Crippen MR) is 250 cm³/mol. The molecule has 0 N–H and O–H groups in total. The summed E-state index contributed by atoms with van der Waals surface area (Å²) in [6.07, 6.45) is 42.1. The second-order valence-corrected chi connectivity index (χ2v) is 17.4. The fourth-order valence-corrected chi connectivity index (χ4v) is 8.36. The van der Waals surface area contributed by atoms with Crippen LogP contribution in [0, 0.1) is 5.92 Å². The third kappa shape index (κ3) is 26.0. The molecule has 0 amide bonds. The van der Waals surface area contributed by atoms with E-state index < -0.39 is 23.8 Å². The highest BCUT2D eigenvalue weighted by Gasteiger charge is 2.42.